The van der Waals surface area contributed by atoms with Gasteiger partial charge in [0.25, 0.3) is 5.91 Å². The van der Waals surface area contributed by atoms with E-state index in [9.17, 15) is 9.90 Å². The number of aromatic hydroxyl groups is 1. The molecule has 2 aromatic carbocycles. The Bertz CT molecular complexity index is 690. The molecule has 0 spiro atoms. The fraction of sp³-hybridized carbons (Fsp3) is 0.235. The smallest absolute Gasteiger partial charge is 0.260 e. The molecule has 0 radical (unpaired) electrons. The Morgan fingerprint density at radius 2 is 1.96 bits per heavy atom. The minimum Gasteiger partial charge on any atom is -0.504 e. The van der Waals surface area contributed by atoms with E-state index >= 15 is 0 Å². The number of para-hydroxylation sites is 2. The van der Waals surface area contributed by atoms with Crippen molar-refractivity contribution >= 4 is 17.5 Å². The number of rotatable bonds is 6. The van der Waals surface area contributed by atoms with Crippen LogP contribution < -0.4 is 9.47 Å². The van der Waals surface area contributed by atoms with Crippen LogP contribution in [-0.4, -0.2) is 36.7 Å². The largest absolute Gasteiger partial charge is 0.504 e. The van der Waals surface area contributed by atoms with Gasteiger partial charge < -0.3 is 19.5 Å². The van der Waals surface area contributed by atoms with Gasteiger partial charge in [0.05, 0.1) is 7.11 Å². The van der Waals surface area contributed by atoms with Crippen LogP contribution in [0.25, 0.3) is 0 Å². The number of carbonyl (C=O) groups excluding carboxylic acids is 1. The monoisotopic (exact) mass is 335 g/mol. The lowest BCUT2D eigenvalue weighted by Crippen LogP contribution is -2.31. The maximum Gasteiger partial charge on any atom is 0.260 e. The fourth-order valence-corrected chi connectivity index (χ4v) is 2.24. The van der Waals surface area contributed by atoms with Gasteiger partial charge in [-0.3, -0.25) is 4.79 Å². The van der Waals surface area contributed by atoms with Gasteiger partial charge in [0.2, 0.25) is 0 Å². The molecule has 0 saturated heterocycles. The molecular weight excluding hydrogens is 318 g/mol. The summed E-state index contributed by atoms with van der Waals surface area (Å²) in [5.41, 5.74) is 0.804. The summed E-state index contributed by atoms with van der Waals surface area (Å²) >= 11 is 5.98. The van der Waals surface area contributed by atoms with Gasteiger partial charge in [-0.15, -0.1) is 0 Å². The number of halogens is 1. The lowest BCUT2D eigenvalue weighted by Gasteiger charge is -2.19. The molecule has 1 amide bonds. The molecule has 0 aliphatic carbocycles. The highest BCUT2D eigenvalue weighted by Gasteiger charge is 2.14. The van der Waals surface area contributed by atoms with Gasteiger partial charge in [-0.2, -0.15) is 0 Å². The van der Waals surface area contributed by atoms with Crippen LogP contribution in [0.5, 0.6) is 17.2 Å². The molecule has 0 heterocycles. The fourth-order valence-electron chi connectivity index (χ4n) is 2.04. The van der Waals surface area contributed by atoms with E-state index in [1.807, 2.05) is 0 Å². The second-order valence-corrected chi connectivity index (χ2v) is 5.40. The number of phenols is 1. The standard InChI is InChI=1S/C17H18ClNO4/c1-19(10-12-9-13(18)7-8-15(12)22-2)17(21)11-23-16-6-4-3-5-14(16)20/h3-9,20H,10-11H2,1-2H3. The van der Waals surface area contributed by atoms with Crippen LogP contribution in [0, 0.1) is 0 Å². The quantitative estimate of drug-likeness (QED) is 0.881. The Balaban J connectivity index is 1.98. The van der Waals surface area contributed by atoms with Gasteiger partial charge in [-0.1, -0.05) is 23.7 Å². The molecule has 2 rings (SSSR count). The van der Waals surface area contributed by atoms with E-state index in [-0.39, 0.29) is 24.0 Å². The van der Waals surface area contributed by atoms with Crippen molar-refractivity contribution in [2.24, 2.45) is 0 Å². The van der Waals surface area contributed by atoms with Crippen LogP contribution in [-0.2, 0) is 11.3 Å². The van der Waals surface area contributed by atoms with Gasteiger partial charge in [-0.05, 0) is 30.3 Å². The van der Waals surface area contributed by atoms with E-state index in [1.165, 1.54) is 11.0 Å². The topological polar surface area (TPSA) is 59.0 Å². The van der Waals surface area contributed by atoms with Gasteiger partial charge in [0.15, 0.2) is 18.1 Å². The number of methoxy groups -OCH3 is 1. The number of benzene rings is 2. The van der Waals surface area contributed by atoms with Crippen molar-refractivity contribution in [1.29, 1.82) is 0 Å². The van der Waals surface area contributed by atoms with E-state index < -0.39 is 0 Å². The predicted molar refractivity (Wildman–Crippen MR) is 88.1 cm³/mol. The first-order valence-corrected chi connectivity index (χ1v) is 7.36. The van der Waals surface area contributed by atoms with Gasteiger partial charge in [0, 0.05) is 24.2 Å². The zero-order valence-corrected chi connectivity index (χ0v) is 13.7. The van der Waals surface area contributed by atoms with Crippen molar-refractivity contribution in [3.8, 4) is 17.2 Å². The molecule has 0 unspecified atom stereocenters. The summed E-state index contributed by atoms with van der Waals surface area (Å²) in [6, 6.07) is 11.8. The summed E-state index contributed by atoms with van der Waals surface area (Å²) in [6.07, 6.45) is 0. The summed E-state index contributed by atoms with van der Waals surface area (Å²) in [7, 11) is 3.23. The number of nitrogens with zero attached hydrogens (tertiary/aromatic N) is 1. The third-order valence-electron chi connectivity index (χ3n) is 3.29. The maximum absolute atomic E-state index is 12.2. The number of hydrogen-bond donors (Lipinski definition) is 1. The molecule has 0 fully saturated rings. The normalized spacial score (nSPS) is 10.2. The molecule has 0 aliphatic rings. The molecule has 0 atom stereocenters. The highest BCUT2D eigenvalue weighted by molar-refractivity contribution is 6.30. The number of phenolic OH excluding ortho intramolecular Hbond substituents is 1. The third-order valence-corrected chi connectivity index (χ3v) is 3.53. The molecule has 2 aromatic rings. The van der Waals surface area contributed by atoms with Gasteiger partial charge in [0.1, 0.15) is 5.75 Å². The Morgan fingerprint density at radius 3 is 2.65 bits per heavy atom. The Morgan fingerprint density at radius 1 is 1.22 bits per heavy atom. The number of carbonyl (C=O) groups is 1. The first-order chi connectivity index (χ1) is 11.0. The van der Waals surface area contributed by atoms with Gasteiger partial charge >= 0.3 is 0 Å². The van der Waals surface area contributed by atoms with Crippen LogP contribution in [0.3, 0.4) is 0 Å². The number of hydrogen-bond acceptors (Lipinski definition) is 4. The van der Waals surface area contributed by atoms with E-state index in [0.29, 0.717) is 17.3 Å². The zero-order valence-electron chi connectivity index (χ0n) is 13.0. The van der Waals surface area contributed by atoms with Crippen LogP contribution >= 0.6 is 11.6 Å². The van der Waals surface area contributed by atoms with E-state index in [2.05, 4.69) is 0 Å². The lowest BCUT2D eigenvalue weighted by molar-refractivity contribution is -0.132. The maximum atomic E-state index is 12.2. The van der Waals surface area contributed by atoms with Crippen LogP contribution in [0.2, 0.25) is 5.02 Å². The van der Waals surface area contributed by atoms with Crippen molar-refractivity contribution in [2.45, 2.75) is 6.54 Å². The molecule has 0 saturated carbocycles. The first kappa shape index (κ1) is 17.0. The van der Waals surface area contributed by atoms with Crippen molar-refractivity contribution < 1.29 is 19.4 Å². The van der Waals surface area contributed by atoms with Crippen molar-refractivity contribution in [3.05, 3.63) is 53.1 Å². The number of amides is 1. The summed E-state index contributed by atoms with van der Waals surface area (Å²) in [4.78, 5) is 13.7. The minimum atomic E-state index is -0.227. The number of likely N-dealkylation sites (N-methyl/N-ethyl adjacent to an activating group) is 1. The first-order valence-electron chi connectivity index (χ1n) is 6.98. The second kappa shape index (κ2) is 7.74. The van der Waals surface area contributed by atoms with Crippen molar-refractivity contribution in [1.82, 2.24) is 4.90 Å². The Hall–Kier alpha value is -2.40. The molecule has 122 valence electrons. The highest BCUT2D eigenvalue weighted by atomic mass is 35.5. The highest BCUT2D eigenvalue weighted by Crippen LogP contribution is 2.25. The van der Waals surface area contributed by atoms with Crippen LogP contribution in [0.15, 0.2) is 42.5 Å². The zero-order chi connectivity index (χ0) is 16.8. The molecule has 6 heteroatoms. The summed E-state index contributed by atoms with van der Waals surface area (Å²) < 4.78 is 10.6. The SMILES string of the molecule is COc1ccc(Cl)cc1CN(C)C(=O)COc1ccccc1O. The minimum absolute atomic E-state index is 0.000497. The molecule has 23 heavy (non-hydrogen) atoms. The predicted octanol–water partition coefficient (Wildman–Crippen LogP) is 3.09. The van der Waals surface area contributed by atoms with Crippen LogP contribution in [0.4, 0.5) is 0 Å². The van der Waals surface area contributed by atoms with E-state index in [4.69, 9.17) is 21.1 Å². The number of ether oxygens (including phenoxy) is 2. The van der Waals surface area contributed by atoms with Gasteiger partial charge in [-0.25, -0.2) is 0 Å². The average molecular weight is 336 g/mol. The Kier molecular flexibility index (Phi) is 5.71. The van der Waals surface area contributed by atoms with Crippen molar-refractivity contribution in [2.75, 3.05) is 20.8 Å². The molecule has 1 N–H and O–H groups in total. The van der Waals surface area contributed by atoms with Crippen LogP contribution in [0.1, 0.15) is 5.56 Å². The molecule has 0 bridgehead atoms. The van der Waals surface area contributed by atoms with E-state index in [1.54, 1.807) is 50.6 Å². The molecule has 0 aliphatic heterocycles. The molecule has 0 aromatic heterocycles. The second-order valence-electron chi connectivity index (χ2n) is 4.96. The van der Waals surface area contributed by atoms with Crippen molar-refractivity contribution in [3.63, 3.8) is 0 Å². The summed E-state index contributed by atoms with van der Waals surface area (Å²) in [5, 5.41) is 10.2. The summed E-state index contributed by atoms with van der Waals surface area (Å²) in [6.45, 7) is 0.170. The lowest BCUT2D eigenvalue weighted by atomic mass is 10.2. The Labute approximate surface area is 140 Å². The van der Waals surface area contributed by atoms with E-state index in [0.717, 1.165) is 5.56 Å². The molecular formula is C17H18ClNO4. The molecule has 5 nitrogen and oxygen atoms in total. The summed E-state index contributed by atoms with van der Waals surface area (Å²) in [5.74, 6) is 0.708. The average Bonchev–Trinajstić information content (AvgIpc) is 2.54. The third kappa shape index (κ3) is 4.53.